The maximum Gasteiger partial charge on any atom is 0.228 e. The molecule has 0 radical (unpaired) electrons. The molecule has 0 aromatic carbocycles. The Bertz CT molecular complexity index is 823. The van der Waals surface area contributed by atoms with Crippen LogP contribution in [0, 0.1) is 5.92 Å². The molecule has 5 heterocycles. The molecule has 2 aromatic heterocycles. The monoisotopic (exact) mass is 354 g/mol. The van der Waals surface area contributed by atoms with E-state index < -0.39 is 0 Å². The van der Waals surface area contributed by atoms with Crippen LogP contribution in [-0.4, -0.2) is 56.9 Å². The minimum atomic E-state index is -0.0483. The standard InChI is InChI=1S/C18H22N6O2/c25-18(13-4-8-26-11-13)23-9-14-3-5-21-24(14)17-15(10-23)16(19-12-20-17)22-6-1-2-7-22/h3,5,12-13H,1-2,4,6-11H2. The van der Waals surface area contributed by atoms with Crippen molar-refractivity contribution >= 4 is 11.7 Å². The van der Waals surface area contributed by atoms with Gasteiger partial charge in [-0.3, -0.25) is 4.79 Å². The first kappa shape index (κ1) is 15.7. The van der Waals surface area contributed by atoms with Gasteiger partial charge in [0.25, 0.3) is 0 Å². The molecule has 0 spiro atoms. The predicted molar refractivity (Wildman–Crippen MR) is 93.8 cm³/mol. The second kappa shape index (κ2) is 6.35. The second-order valence-electron chi connectivity index (χ2n) is 7.18. The van der Waals surface area contributed by atoms with Gasteiger partial charge in [0.15, 0.2) is 5.82 Å². The Hall–Kier alpha value is -2.48. The molecule has 2 fully saturated rings. The number of amides is 1. The van der Waals surface area contributed by atoms with Crippen LogP contribution >= 0.6 is 0 Å². The maximum atomic E-state index is 13.1. The molecule has 1 unspecified atom stereocenters. The summed E-state index contributed by atoms with van der Waals surface area (Å²) in [6.07, 6.45) is 6.52. The number of rotatable bonds is 2. The van der Waals surface area contributed by atoms with E-state index in [0.29, 0.717) is 26.3 Å². The van der Waals surface area contributed by atoms with Crippen LogP contribution in [0.15, 0.2) is 18.6 Å². The first-order valence-corrected chi connectivity index (χ1v) is 9.30. The molecule has 8 heteroatoms. The second-order valence-corrected chi connectivity index (χ2v) is 7.18. The van der Waals surface area contributed by atoms with E-state index in [1.54, 1.807) is 12.5 Å². The zero-order chi connectivity index (χ0) is 17.5. The van der Waals surface area contributed by atoms with Crippen molar-refractivity contribution in [1.29, 1.82) is 0 Å². The summed E-state index contributed by atoms with van der Waals surface area (Å²) in [5.41, 5.74) is 1.96. The van der Waals surface area contributed by atoms with Gasteiger partial charge < -0.3 is 14.5 Å². The number of hydrogen-bond acceptors (Lipinski definition) is 6. The Labute approximate surface area is 151 Å². The first-order valence-electron chi connectivity index (χ1n) is 9.30. The third-order valence-corrected chi connectivity index (χ3v) is 5.52. The Kier molecular flexibility index (Phi) is 3.85. The van der Waals surface area contributed by atoms with Crippen LogP contribution < -0.4 is 4.90 Å². The van der Waals surface area contributed by atoms with Crippen molar-refractivity contribution in [3.63, 3.8) is 0 Å². The normalized spacial score (nSPS) is 22.2. The minimum absolute atomic E-state index is 0.0483. The molecule has 5 rings (SSSR count). The van der Waals surface area contributed by atoms with E-state index in [1.165, 1.54) is 12.8 Å². The lowest BCUT2D eigenvalue weighted by molar-refractivity contribution is -0.136. The van der Waals surface area contributed by atoms with E-state index in [2.05, 4.69) is 20.0 Å². The van der Waals surface area contributed by atoms with Crippen molar-refractivity contribution in [2.45, 2.75) is 32.4 Å². The highest BCUT2D eigenvalue weighted by molar-refractivity contribution is 5.79. The zero-order valence-electron chi connectivity index (χ0n) is 14.7. The van der Waals surface area contributed by atoms with Gasteiger partial charge in [-0.15, -0.1) is 0 Å². The summed E-state index contributed by atoms with van der Waals surface area (Å²) >= 11 is 0. The molecule has 0 bridgehead atoms. The van der Waals surface area contributed by atoms with Crippen molar-refractivity contribution < 1.29 is 9.53 Å². The fourth-order valence-electron chi connectivity index (χ4n) is 4.15. The third kappa shape index (κ3) is 2.56. The Morgan fingerprint density at radius 3 is 2.81 bits per heavy atom. The van der Waals surface area contributed by atoms with E-state index in [1.807, 2.05) is 15.6 Å². The molecule has 26 heavy (non-hydrogen) atoms. The van der Waals surface area contributed by atoms with Gasteiger partial charge in [0, 0.05) is 25.9 Å². The molecule has 3 aliphatic heterocycles. The van der Waals surface area contributed by atoms with Gasteiger partial charge in [-0.05, 0) is 25.3 Å². The molecule has 1 amide bonds. The summed E-state index contributed by atoms with van der Waals surface area (Å²) in [5.74, 6) is 1.84. The van der Waals surface area contributed by atoms with Gasteiger partial charge in [-0.1, -0.05) is 0 Å². The topological polar surface area (TPSA) is 76.4 Å². The van der Waals surface area contributed by atoms with Gasteiger partial charge in [-0.2, -0.15) is 5.10 Å². The Morgan fingerprint density at radius 1 is 1.15 bits per heavy atom. The molecule has 3 aliphatic rings. The van der Waals surface area contributed by atoms with Crippen LogP contribution in [0.2, 0.25) is 0 Å². The molecule has 1 atom stereocenters. The number of nitrogens with zero attached hydrogens (tertiary/aromatic N) is 6. The van der Waals surface area contributed by atoms with E-state index in [-0.39, 0.29) is 11.8 Å². The molecule has 136 valence electrons. The van der Waals surface area contributed by atoms with Crippen LogP contribution in [-0.2, 0) is 22.6 Å². The van der Waals surface area contributed by atoms with E-state index >= 15 is 0 Å². The van der Waals surface area contributed by atoms with Crippen molar-refractivity contribution in [3.05, 3.63) is 29.8 Å². The number of ether oxygens (including phenoxy) is 1. The zero-order valence-corrected chi connectivity index (χ0v) is 14.7. The highest BCUT2D eigenvalue weighted by atomic mass is 16.5. The minimum Gasteiger partial charge on any atom is -0.381 e. The Balaban J connectivity index is 1.58. The van der Waals surface area contributed by atoms with Crippen LogP contribution in [0.4, 0.5) is 5.82 Å². The molecular weight excluding hydrogens is 332 g/mol. The molecular formula is C18H22N6O2. The smallest absolute Gasteiger partial charge is 0.228 e. The molecule has 0 saturated carbocycles. The van der Waals surface area contributed by atoms with Crippen LogP contribution in [0.5, 0.6) is 0 Å². The molecule has 0 aliphatic carbocycles. The lowest BCUT2D eigenvalue weighted by atomic mass is 10.1. The van der Waals surface area contributed by atoms with Gasteiger partial charge in [0.05, 0.1) is 36.9 Å². The highest BCUT2D eigenvalue weighted by Crippen LogP contribution is 2.31. The predicted octanol–water partition coefficient (Wildman–Crippen LogP) is 1.14. The number of carbonyl (C=O) groups excluding carboxylic acids is 1. The molecule has 8 nitrogen and oxygen atoms in total. The number of anilines is 1. The van der Waals surface area contributed by atoms with Crippen LogP contribution in [0.1, 0.15) is 30.5 Å². The first-order chi connectivity index (χ1) is 12.8. The summed E-state index contributed by atoms with van der Waals surface area (Å²) in [6.45, 7) is 4.23. The maximum absolute atomic E-state index is 13.1. The lowest BCUT2D eigenvalue weighted by Gasteiger charge is -2.26. The highest BCUT2D eigenvalue weighted by Gasteiger charge is 2.33. The van der Waals surface area contributed by atoms with Gasteiger partial charge >= 0.3 is 0 Å². The fraction of sp³-hybridized carbons (Fsp3) is 0.556. The van der Waals surface area contributed by atoms with Crippen LogP contribution in [0.3, 0.4) is 0 Å². The Morgan fingerprint density at radius 2 is 2.00 bits per heavy atom. The molecule has 0 N–H and O–H groups in total. The number of aromatic nitrogens is 4. The van der Waals surface area contributed by atoms with Crippen molar-refractivity contribution in [1.82, 2.24) is 24.6 Å². The molecule has 2 saturated heterocycles. The number of hydrogen-bond donors (Lipinski definition) is 0. The molecule has 2 aromatic rings. The average molecular weight is 354 g/mol. The summed E-state index contributed by atoms with van der Waals surface area (Å²) < 4.78 is 7.29. The summed E-state index contributed by atoms with van der Waals surface area (Å²) in [6, 6.07) is 1.96. The van der Waals surface area contributed by atoms with Crippen molar-refractivity contribution in [3.8, 4) is 5.82 Å². The summed E-state index contributed by atoms with van der Waals surface area (Å²) in [4.78, 5) is 26.4. The summed E-state index contributed by atoms with van der Waals surface area (Å²) in [5, 5.41) is 4.46. The van der Waals surface area contributed by atoms with E-state index in [0.717, 1.165) is 42.4 Å². The van der Waals surface area contributed by atoms with Gasteiger partial charge in [-0.25, -0.2) is 14.6 Å². The average Bonchev–Trinajstić information content (AvgIpc) is 3.42. The SMILES string of the molecule is O=C(C1CCOC1)N1Cc2c(N3CCCC3)ncnc2-n2nccc2C1. The van der Waals surface area contributed by atoms with Crippen molar-refractivity contribution in [2.24, 2.45) is 5.92 Å². The fourth-order valence-corrected chi connectivity index (χ4v) is 4.15. The van der Waals surface area contributed by atoms with Crippen molar-refractivity contribution in [2.75, 3.05) is 31.2 Å². The third-order valence-electron chi connectivity index (χ3n) is 5.52. The number of fused-ring (bicyclic) bond motifs is 3. The van der Waals surface area contributed by atoms with E-state index in [9.17, 15) is 4.79 Å². The van der Waals surface area contributed by atoms with E-state index in [4.69, 9.17) is 4.74 Å². The summed E-state index contributed by atoms with van der Waals surface area (Å²) in [7, 11) is 0. The van der Waals surface area contributed by atoms with Gasteiger partial charge in [0.2, 0.25) is 5.91 Å². The number of carbonyl (C=O) groups is 1. The lowest BCUT2D eigenvalue weighted by Crippen LogP contribution is -2.35. The quantitative estimate of drug-likeness (QED) is 0.805. The largest absolute Gasteiger partial charge is 0.381 e. The van der Waals surface area contributed by atoms with Crippen LogP contribution in [0.25, 0.3) is 5.82 Å². The van der Waals surface area contributed by atoms with Gasteiger partial charge in [0.1, 0.15) is 12.1 Å².